The monoisotopic (exact) mass is 312 g/mol. The summed E-state index contributed by atoms with van der Waals surface area (Å²) in [5.74, 6) is -0.686. The summed E-state index contributed by atoms with van der Waals surface area (Å²) in [5, 5.41) is 9.53. The molecule has 3 atom stereocenters. The van der Waals surface area contributed by atoms with E-state index in [9.17, 15) is 14.3 Å². The predicted molar refractivity (Wildman–Crippen MR) is 82.0 cm³/mol. The van der Waals surface area contributed by atoms with E-state index in [4.69, 9.17) is 11.6 Å². The van der Waals surface area contributed by atoms with Gasteiger partial charge < -0.3 is 5.11 Å². The van der Waals surface area contributed by atoms with Crippen LogP contribution in [0.2, 0.25) is 5.02 Å². The fraction of sp³-hybridized carbons (Fsp3) is 0.588. The maximum absolute atomic E-state index is 13.2. The summed E-state index contributed by atoms with van der Waals surface area (Å²) in [7, 11) is 0. The van der Waals surface area contributed by atoms with Crippen molar-refractivity contribution in [3.05, 3.63) is 34.6 Å². The second kappa shape index (κ2) is 7.26. The molecule has 116 valence electrons. The van der Waals surface area contributed by atoms with Crippen molar-refractivity contribution in [3.8, 4) is 0 Å². The van der Waals surface area contributed by atoms with Gasteiger partial charge in [0, 0.05) is 0 Å². The van der Waals surface area contributed by atoms with Crippen molar-refractivity contribution in [2.45, 2.75) is 45.4 Å². The first-order valence-electron chi connectivity index (χ1n) is 7.68. The van der Waals surface area contributed by atoms with Gasteiger partial charge in [-0.3, -0.25) is 4.79 Å². The summed E-state index contributed by atoms with van der Waals surface area (Å²) in [6.07, 6.45) is 5.66. The van der Waals surface area contributed by atoms with Crippen LogP contribution in [-0.4, -0.2) is 11.1 Å². The highest BCUT2D eigenvalue weighted by Gasteiger charge is 2.34. The molecule has 0 spiro atoms. The molecule has 2 rings (SSSR count). The fourth-order valence-electron chi connectivity index (χ4n) is 3.55. The summed E-state index contributed by atoms with van der Waals surface area (Å²) in [6.45, 7) is 2.16. The number of benzene rings is 1. The summed E-state index contributed by atoms with van der Waals surface area (Å²) < 4.78 is 13.2. The minimum atomic E-state index is -0.705. The second-order valence-electron chi connectivity index (χ2n) is 6.13. The van der Waals surface area contributed by atoms with Crippen LogP contribution in [0, 0.1) is 23.6 Å². The molecule has 4 heteroatoms. The van der Waals surface area contributed by atoms with Gasteiger partial charge in [-0.05, 0) is 55.2 Å². The quantitative estimate of drug-likeness (QED) is 0.836. The molecule has 0 radical (unpaired) electrons. The Bertz CT molecular complexity index is 504. The first-order valence-corrected chi connectivity index (χ1v) is 8.05. The number of aliphatic carboxylic acids is 1. The molecular formula is C17H22ClFO2. The first kappa shape index (κ1) is 16.3. The van der Waals surface area contributed by atoms with Crippen LogP contribution >= 0.6 is 11.6 Å². The number of halogens is 2. The molecule has 1 saturated carbocycles. The van der Waals surface area contributed by atoms with Gasteiger partial charge in [0.25, 0.3) is 0 Å². The predicted octanol–water partition coefficient (Wildman–Crippen LogP) is 4.94. The second-order valence-corrected chi connectivity index (χ2v) is 6.53. The highest BCUT2D eigenvalue weighted by atomic mass is 35.5. The Kier molecular flexibility index (Phi) is 5.63. The Morgan fingerprint density at radius 3 is 2.81 bits per heavy atom. The minimum Gasteiger partial charge on any atom is -0.481 e. The van der Waals surface area contributed by atoms with E-state index in [1.54, 1.807) is 12.1 Å². The molecule has 1 aliphatic carbocycles. The van der Waals surface area contributed by atoms with Gasteiger partial charge in [-0.1, -0.05) is 37.4 Å². The lowest BCUT2D eigenvalue weighted by Crippen LogP contribution is -2.32. The van der Waals surface area contributed by atoms with Crippen molar-refractivity contribution in [2.24, 2.45) is 17.8 Å². The molecule has 3 unspecified atom stereocenters. The van der Waals surface area contributed by atoms with Crippen LogP contribution in [0.1, 0.15) is 44.6 Å². The zero-order valence-electron chi connectivity index (χ0n) is 12.3. The first-order chi connectivity index (χ1) is 10.0. The smallest absolute Gasteiger partial charge is 0.306 e. The van der Waals surface area contributed by atoms with Gasteiger partial charge in [0.2, 0.25) is 0 Å². The van der Waals surface area contributed by atoms with Crippen molar-refractivity contribution >= 4 is 17.6 Å². The minimum absolute atomic E-state index is 0.111. The Morgan fingerprint density at radius 1 is 1.43 bits per heavy atom. The molecule has 1 fully saturated rings. The SMILES string of the molecule is CCCC1CCC(C(=O)O)C(Cc2ccc(F)c(Cl)c2)C1. The van der Waals surface area contributed by atoms with Crippen molar-refractivity contribution in [2.75, 3.05) is 0 Å². The third kappa shape index (κ3) is 4.19. The van der Waals surface area contributed by atoms with E-state index in [-0.39, 0.29) is 16.9 Å². The highest BCUT2D eigenvalue weighted by molar-refractivity contribution is 6.30. The third-order valence-corrected chi connectivity index (χ3v) is 4.88. The van der Waals surface area contributed by atoms with Gasteiger partial charge in [-0.2, -0.15) is 0 Å². The number of carboxylic acid groups (broad SMARTS) is 1. The molecule has 1 aromatic carbocycles. The lowest BCUT2D eigenvalue weighted by molar-refractivity contribution is -0.145. The van der Waals surface area contributed by atoms with E-state index >= 15 is 0 Å². The van der Waals surface area contributed by atoms with Crippen LogP contribution in [0.4, 0.5) is 4.39 Å². The van der Waals surface area contributed by atoms with Crippen LogP contribution < -0.4 is 0 Å². The highest BCUT2D eigenvalue weighted by Crippen LogP contribution is 2.38. The molecule has 0 bridgehead atoms. The Hall–Kier alpha value is -1.09. The van der Waals surface area contributed by atoms with Crippen molar-refractivity contribution in [3.63, 3.8) is 0 Å². The van der Waals surface area contributed by atoms with Gasteiger partial charge >= 0.3 is 5.97 Å². The molecule has 2 nitrogen and oxygen atoms in total. The third-order valence-electron chi connectivity index (χ3n) is 4.59. The van der Waals surface area contributed by atoms with E-state index in [1.807, 2.05) is 0 Å². The molecule has 1 N–H and O–H groups in total. The van der Waals surface area contributed by atoms with Crippen LogP contribution in [0.3, 0.4) is 0 Å². The van der Waals surface area contributed by atoms with E-state index < -0.39 is 11.8 Å². The molecule has 0 aliphatic heterocycles. The van der Waals surface area contributed by atoms with Crippen LogP contribution in [-0.2, 0) is 11.2 Å². The largest absolute Gasteiger partial charge is 0.481 e. The van der Waals surface area contributed by atoms with E-state index in [2.05, 4.69) is 6.92 Å². The van der Waals surface area contributed by atoms with E-state index in [0.717, 1.165) is 37.7 Å². The van der Waals surface area contributed by atoms with Gasteiger partial charge in [-0.15, -0.1) is 0 Å². The van der Waals surface area contributed by atoms with E-state index in [1.165, 1.54) is 6.07 Å². The Morgan fingerprint density at radius 2 is 2.19 bits per heavy atom. The molecule has 0 heterocycles. The summed E-state index contributed by atoms with van der Waals surface area (Å²) in [4.78, 5) is 11.5. The van der Waals surface area contributed by atoms with Gasteiger partial charge in [0.15, 0.2) is 0 Å². The average Bonchev–Trinajstić information content (AvgIpc) is 2.43. The van der Waals surface area contributed by atoms with Crippen LogP contribution in [0.5, 0.6) is 0 Å². The zero-order chi connectivity index (χ0) is 15.4. The molecule has 0 amide bonds. The Balaban J connectivity index is 2.11. The normalized spacial score (nSPS) is 25.8. The number of carboxylic acids is 1. The molecule has 1 aromatic rings. The van der Waals surface area contributed by atoms with Crippen molar-refractivity contribution in [1.82, 2.24) is 0 Å². The topological polar surface area (TPSA) is 37.3 Å². The van der Waals surface area contributed by atoms with Crippen LogP contribution in [0.15, 0.2) is 18.2 Å². The molecule has 0 saturated heterocycles. The summed E-state index contributed by atoms with van der Waals surface area (Å²) >= 11 is 5.82. The fourth-order valence-corrected chi connectivity index (χ4v) is 3.75. The standard InChI is InChI=1S/C17H22ClFO2/c1-2-3-11-4-6-14(17(20)21)13(8-11)9-12-5-7-16(19)15(18)10-12/h5,7,10-11,13-14H,2-4,6,8-9H2,1H3,(H,20,21). The van der Waals surface area contributed by atoms with Gasteiger partial charge in [0.05, 0.1) is 10.9 Å². The van der Waals surface area contributed by atoms with Gasteiger partial charge in [0.1, 0.15) is 5.82 Å². The lowest BCUT2D eigenvalue weighted by atomic mass is 9.70. The molecular weight excluding hydrogens is 291 g/mol. The average molecular weight is 313 g/mol. The zero-order valence-corrected chi connectivity index (χ0v) is 13.1. The number of hydrogen-bond donors (Lipinski definition) is 1. The number of carbonyl (C=O) groups is 1. The van der Waals surface area contributed by atoms with Crippen molar-refractivity contribution < 1.29 is 14.3 Å². The Labute approximate surface area is 130 Å². The summed E-state index contributed by atoms with van der Waals surface area (Å²) in [6, 6.07) is 4.70. The maximum Gasteiger partial charge on any atom is 0.306 e. The molecule has 0 aromatic heterocycles. The molecule has 1 aliphatic rings. The summed E-state index contributed by atoms with van der Waals surface area (Å²) in [5.41, 5.74) is 0.926. The number of hydrogen-bond acceptors (Lipinski definition) is 1. The van der Waals surface area contributed by atoms with Crippen LogP contribution in [0.25, 0.3) is 0 Å². The number of rotatable bonds is 5. The maximum atomic E-state index is 13.2. The molecule has 21 heavy (non-hydrogen) atoms. The van der Waals surface area contributed by atoms with Crippen molar-refractivity contribution in [1.29, 1.82) is 0 Å². The lowest BCUT2D eigenvalue weighted by Gasteiger charge is -2.34. The van der Waals surface area contributed by atoms with E-state index in [0.29, 0.717) is 12.3 Å². The van der Waals surface area contributed by atoms with Gasteiger partial charge in [-0.25, -0.2) is 4.39 Å².